The van der Waals surface area contributed by atoms with Crippen LogP contribution in [0.2, 0.25) is 0 Å². The molecule has 120 valence electrons. The molecule has 3 nitrogen and oxygen atoms in total. The van der Waals surface area contributed by atoms with Gasteiger partial charge in [-0.2, -0.15) is 0 Å². The quantitative estimate of drug-likeness (QED) is 0.572. The van der Waals surface area contributed by atoms with Crippen LogP contribution in [-0.4, -0.2) is 48.3 Å². The number of aliphatic hydroxyl groups is 1. The maximum atomic E-state index is 8.90. The van der Waals surface area contributed by atoms with Crippen LogP contribution in [0.3, 0.4) is 0 Å². The lowest BCUT2D eigenvalue weighted by molar-refractivity contribution is 0.164. The molecule has 1 heterocycles. The zero-order chi connectivity index (χ0) is 14.6. The number of unbranched alkanes of at least 4 members (excludes halogenated alkanes) is 4. The summed E-state index contributed by atoms with van der Waals surface area (Å²) in [5.41, 5.74) is 0. The predicted molar refractivity (Wildman–Crippen MR) is 87.1 cm³/mol. The summed E-state index contributed by atoms with van der Waals surface area (Å²) in [6, 6.07) is 1.04. The summed E-state index contributed by atoms with van der Waals surface area (Å²) in [7, 11) is 0. The van der Waals surface area contributed by atoms with E-state index in [0.717, 1.165) is 12.6 Å². The van der Waals surface area contributed by atoms with Gasteiger partial charge in [0.2, 0.25) is 0 Å². The number of nitrogens with one attached hydrogen (secondary N) is 1. The van der Waals surface area contributed by atoms with Crippen LogP contribution in [0.5, 0.6) is 0 Å². The summed E-state index contributed by atoms with van der Waals surface area (Å²) in [5.74, 6) is 0. The first-order valence-corrected chi connectivity index (χ1v) is 8.82. The Balaban J connectivity index is 1.86. The number of hydrogen-bond acceptors (Lipinski definition) is 3. The maximum absolute atomic E-state index is 8.90. The number of hydrogen-bond donors (Lipinski definition) is 2. The molecule has 20 heavy (non-hydrogen) atoms. The fraction of sp³-hybridized carbons (Fsp3) is 1.00. The van der Waals surface area contributed by atoms with E-state index >= 15 is 0 Å². The van der Waals surface area contributed by atoms with Gasteiger partial charge in [-0.25, -0.2) is 0 Å². The Hall–Kier alpha value is -0.120. The molecule has 1 rings (SSSR count). The van der Waals surface area contributed by atoms with Gasteiger partial charge >= 0.3 is 0 Å². The van der Waals surface area contributed by atoms with E-state index in [9.17, 15) is 0 Å². The van der Waals surface area contributed by atoms with Gasteiger partial charge in [0, 0.05) is 12.1 Å². The molecule has 1 saturated heterocycles. The van der Waals surface area contributed by atoms with E-state index in [4.69, 9.17) is 5.11 Å². The molecular weight excluding hydrogens is 248 g/mol. The number of rotatable bonds is 11. The Morgan fingerprint density at radius 2 is 1.60 bits per heavy atom. The van der Waals surface area contributed by atoms with Gasteiger partial charge in [0.1, 0.15) is 0 Å². The lowest BCUT2D eigenvalue weighted by Crippen LogP contribution is -2.37. The highest BCUT2D eigenvalue weighted by Crippen LogP contribution is 2.16. The maximum Gasteiger partial charge on any atom is 0.0581 e. The minimum absolute atomic E-state index is 0.244. The number of piperidine rings is 1. The van der Waals surface area contributed by atoms with Crippen LogP contribution >= 0.6 is 0 Å². The molecule has 0 amide bonds. The normalized spacial score (nSPS) is 19.9. The van der Waals surface area contributed by atoms with Crippen molar-refractivity contribution in [1.29, 1.82) is 0 Å². The number of likely N-dealkylation sites (tertiary alicyclic amines) is 1. The van der Waals surface area contributed by atoms with E-state index in [1.54, 1.807) is 0 Å². The Morgan fingerprint density at radius 1 is 0.950 bits per heavy atom. The molecule has 0 bridgehead atoms. The van der Waals surface area contributed by atoms with Gasteiger partial charge in [-0.3, -0.25) is 0 Å². The molecule has 0 aliphatic carbocycles. The molecule has 2 atom stereocenters. The average molecular weight is 284 g/mol. The van der Waals surface area contributed by atoms with E-state index in [0.29, 0.717) is 0 Å². The van der Waals surface area contributed by atoms with Crippen molar-refractivity contribution in [3.63, 3.8) is 0 Å². The minimum Gasteiger partial charge on any atom is -0.395 e. The van der Waals surface area contributed by atoms with Gasteiger partial charge in [0.05, 0.1) is 6.61 Å². The van der Waals surface area contributed by atoms with E-state index < -0.39 is 0 Å². The third-order valence-corrected chi connectivity index (χ3v) is 4.58. The highest BCUT2D eigenvalue weighted by molar-refractivity contribution is 4.71. The third kappa shape index (κ3) is 8.23. The molecule has 1 fully saturated rings. The highest BCUT2D eigenvalue weighted by Gasteiger charge is 2.15. The van der Waals surface area contributed by atoms with E-state index in [2.05, 4.69) is 17.1 Å². The Morgan fingerprint density at radius 3 is 2.30 bits per heavy atom. The molecule has 0 radical (unpaired) electrons. The summed E-state index contributed by atoms with van der Waals surface area (Å²) in [6.07, 6.45) is 12.3. The number of aliphatic hydroxyl groups excluding tert-OH is 1. The first-order valence-electron chi connectivity index (χ1n) is 8.82. The van der Waals surface area contributed by atoms with Crippen molar-refractivity contribution < 1.29 is 5.11 Å². The summed E-state index contributed by atoms with van der Waals surface area (Å²) in [5, 5.41) is 12.2. The second kappa shape index (κ2) is 11.5. The lowest BCUT2D eigenvalue weighted by Gasteiger charge is -2.32. The molecule has 1 aliphatic rings. The summed E-state index contributed by atoms with van der Waals surface area (Å²) in [4.78, 5) is 2.68. The van der Waals surface area contributed by atoms with Crippen LogP contribution in [0, 0.1) is 0 Å². The van der Waals surface area contributed by atoms with Gasteiger partial charge in [-0.15, -0.1) is 0 Å². The first kappa shape index (κ1) is 17.9. The lowest BCUT2D eigenvalue weighted by atomic mass is 10.0. The van der Waals surface area contributed by atoms with Crippen molar-refractivity contribution in [2.75, 3.05) is 26.2 Å². The van der Waals surface area contributed by atoms with Crippen molar-refractivity contribution in [1.82, 2.24) is 10.2 Å². The van der Waals surface area contributed by atoms with Gasteiger partial charge in [0.15, 0.2) is 0 Å². The monoisotopic (exact) mass is 284 g/mol. The summed E-state index contributed by atoms with van der Waals surface area (Å²) in [6.45, 7) is 8.39. The van der Waals surface area contributed by atoms with Gasteiger partial charge in [-0.05, 0) is 59.2 Å². The second-order valence-electron chi connectivity index (χ2n) is 6.54. The van der Waals surface area contributed by atoms with Gasteiger partial charge in [0.25, 0.3) is 0 Å². The van der Waals surface area contributed by atoms with Crippen molar-refractivity contribution in [3.8, 4) is 0 Å². The Labute approximate surface area is 126 Å². The van der Waals surface area contributed by atoms with Crippen LogP contribution in [-0.2, 0) is 0 Å². The van der Waals surface area contributed by atoms with Crippen LogP contribution < -0.4 is 5.32 Å². The molecule has 0 saturated carbocycles. The summed E-state index contributed by atoms with van der Waals surface area (Å²) < 4.78 is 0. The van der Waals surface area contributed by atoms with Crippen LogP contribution in [0.1, 0.15) is 71.6 Å². The predicted octanol–water partition coefficient (Wildman–Crippen LogP) is 3.17. The van der Waals surface area contributed by atoms with Gasteiger partial charge < -0.3 is 15.3 Å². The van der Waals surface area contributed by atoms with Crippen molar-refractivity contribution >= 4 is 0 Å². The minimum atomic E-state index is 0.244. The Bertz CT molecular complexity index is 217. The van der Waals surface area contributed by atoms with Crippen LogP contribution in [0.15, 0.2) is 0 Å². The second-order valence-corrected chi connectivity index (χ2v) is 6.54. The topological polar surface area (TPSA) is 35.5 Å². The molecule has 2 N–H and O–H groups in total. The van der Waals surface area contributed by atoms with Gasteiger partial charge in [-0.1, -0.05) is 32.1 Å². The molecule has 0 aromatic carbocycles. The van der Waals surface area contributed by atoms with E-state index in [1.165, 1.54) is 70.9 Å². The van der Waals surface area contributed by atoms with Crippen molar-refractivity contribution in [3.05, 3.63) is 0 Å². The Kier molecular flexibility index (Phi) is 10.3. The van der Waals surface area contributed by atoms with Crippen molar-refractivity contribution in [2.24, 2.45) is 0 Å². The average Bonchev–Trinajstić information content (AvgIpc) is 2.50. The SMILES string of the molecule is CC(CO)NCCCCCCCC(C)N1CCCCC1. The first-order chi connectivity index (χ1) is 9.74. The molecule has 0 spiro atoms. The fourth-order valence-electron chi connectivity index (χ4n) is 3.05. The van der Waals surface area contributed by atoms with Crippen molar-refractivity contribution in [2.45, 2.75) is 83.7 Å². The fourth-order valence-corrected chi connectivity index (χ4v) is 3.05. The molecule has 2 unspecified atom stereocenters. The molecule has 0 aromatic heterocycles. The molecular formula is C17H36N2O. The third-order valence-electron chi connectivity index (χ3n) is 4.58. The smallest absolute Gasteiger partial charge is 0.0581 e. The van der Waals surface area contributed by atoms with E-state index in [1.807, 2.05) is 6.92 Å². The van der Waals surface area contributed by atoms with Crippen LogP contribution in [0.4, 0.5) is 0 Å². The largest absolute Gasteiger partial charge is 0.395 e. The zero-order valence-electron chi connectivity index (χ0n) is 13.7. The standard InChI is InChI=1S/C17H36N2O/c1-16(15-20)18-12-8-5-3-4-7-11-17(2)19-13-9-6-10-14-19/h16-18,20H,3-15H2,1-2H3. The van der Waals surface area contributed by atoms with E-state index in [-0.39, 0.29) is 12.6 Å². The molecule has 0 aromatic rings. The molecule has 1 aliphatic heterocycles. The zero-order valence-corrected chi connectivity index (χ0v) is 13.7. The summed E-state index contributed by atoms with van der Waals surface area (Å²) >= 11 is 0. The molecule has 3 heteroatoms. The van der Waals surface area contributed by atoms with Crippen LogP contribution in [0.25, 0.3) is 0 Å². The highest BCUT2D eigenvalue weighted by atomic mass is 16.3. The number of nitrogens with zero attached hydrogens (tertiary/aromatic N) is 1.